The third-order valence-electron chi connectivity index (χ3n) is 1.59. The lowest BCUT2D eigenvalue weighted by Crippen LogP contribution is -2.06. The average molecular weight is 196 g/mol. The lowest BCUT2D eigenvalue weighted by molar-refractivity contribution is 0.473. The van der Waals surface area contributed by atoms with Gasteiger partial charge in [-0.05, 0) is 24.6 Å². The number of aryl methyl sites for hydroxylation is 1. The van der Waals surface area contributed by atoms with Gasteiger partial charge in [-0.2, -0.15) is 0 Å². The van der Waals surface area contributed by atoms with E-state index in [1.54, 1.807) is 17.8 Å². The summed E-state index contributed by atoms with van der Waals surface area (Å²) in [6.07, 6.45) is 0. The Hall–Kier alpha value is -0.630. The predicted molar refractivity (Wildman–Crippen MR) is 58.5 cm³/mol. The van der Waals surface area contributed by atoms with Crippen molar-refractivity contribution in [3.8, 4) is 5.75 Å². The van der Waals surface area contributed by atoms with Gasteiger partial charge in [0.05, 0.1) is 0 Å². The van der Waals surface area contributed by atoms with Crippen molar-refractivity contribution in [1.29, 1.82) is 0 Å². The quantitative estimate of drug-likeness (QED) is 0.693. The summed E-state index contributed by atoms with van der Waals surface area (Å²) in [7, 11) is 0. The molecule has 0 saturated carbocycles. The fourth-order valence-electron chi connectivity index (χ4n) is 1.03. The molecule has 0 aliphatic carbocycles. The summed E-state index contributed by atoms with van der Waals surface area (Å²) in [5.74, 6) is 0.345. The van der Waals surface area contributed by atoms with Crippen molar-refractivity contribution in [2.24, 2.45) is 0 Å². The minimum atomic E-state index is 0.193. The van der Waals surface area contributed by atoms with Gasteiger partial charge in [0.1, 0.15) is 5.75 Å². The Morgan fingerprint density at radius 1 is 1.23 bits per heavy atom. The van der Waals surface area contributed by atoms with E-state index in [0.29, 0.717) is 5.75 Å². The molecule has 1 nitrogen and oxygen atoms in total. The maximum absolute atomic E-state index is 9.32. The van der Waals surface area contributed by atoms with E-state index in [9.17, 15) is 5.11 Å². The van der Waals surface area contributed by atoms with Crippen LogP contribution in [0.25, 0.3) is 0 Å². The summed E-state index contributed by atoms with van der Waals surface area (Å²) in [4.78, 5) is 1.16. The van der Waals surface area contributed by atoms with Crippen LogP contribution in [0.5, 0.6) is 5.75 Å². The lowest BCUT2D eigenvalue weighted by atomic mass is 10.2. The van der Waals surface area contributed by atoms with Crippen molar-refractivity contribution in [2.45, 2.75) is 37.3 Å². The van der Waals surface area contributed by atoms with Gasteiger partial charge in [0.2, 0.25) is 0 Å². The smallest absolute Gasteiger partial charge is 0.116 e. The molecule has 72 valence electrons. The molecule has 0 heterocycles. The largest absolute Gasteiger partial charge is 0.508 e. The molecule has 0 amide bonds. The van der Waals surface area contributed by atoms with Gasteiger partial charge in [0, 0.05) is 9.64 Å². The third-order valence-corrected chi connectivity index (χ3v) is 2.86. The molecular formula is C11H16OS. The maximum Gasteiger partial charge on any atom is 0.116 e. The molecule has 1 N–H and O–H groups in total. The van der Waals surface area contributed by atoms with Gasteiger partial charge in [0.15, 0.2) is 0 Å². The van der Waals surface area contributed by atoms with Crippen LogP contribution in [-0.4, -0.2) is 9.85 Å². The standard InChI is InChI=1S/C11H16OS/c1-8-5-6-9(12)7-10(8)13-11(2,3)4/h5-7,12H,1-4H3. The van der Waals surface area contributed by atoms with Crippen LogP contribution in [-0.2, 0) is 0 Å². The van der Waals surface area contributed by atoms with E-state index in [1.165, 1.54) is 5.56 Å². The monoisotopic (exact) mass is 196 g/mol. The van der Waals surface area contributed by atoms with Crippen LogP contribution in [0, 0.1) is 6.92 Å². The van der Waals surface area contributed by atoms with Gasteiger partial charge < -0.3 is 5.11 Å². The van der Waals surface area contributed by atoms with Crippen LogP contribution < -0.4 is 0 Å². The summed E-state index contributed by atoms with van der Waals surface area (Å²) < 4.78 is 0.193. The molecule has 0 fully saturated rings. The van der Waals surface area contributed by atoms with Gasteiger partial charge in [-0.25, -0.2) is 0 Å². The lowest BCUT2D eigenvalue weighted by Gasteiger charge is -2.18. The molecule has 2 heteroatoms. The van der Waals surface area contributed by atoms with E-state index in [4.69, 9.17) is 0 Å². The first-order chi connectivity index (χ1) is 5.88. The second kappa shape index (κ2) is 3.62. The molecule has 13 heavy (non-hydrogen) atoms. The molecular weight excluding hydrogens is 180 g/mol. The molecule has 0 aromatic heterocycles. The fraction of sp³-hybridized carbons (Fsp3) is 0.455. The molecule has 0 saturated heterocycles. The molecule has 1 aromatic carbocycles. The highest BCUT2D eigenvalue weighted by molar-refractivity contribution is 8.00. The molecule has 0 atom stereocenters. The second-order valence-corrected chi connectivity index (χ2v) is 6.03. The number of thioether (sulfide) groups is 1. The molecule has 0 spiro atoms. The number of phenolic OH excluding ortho intramolecular Hbond substituents is 1. The van der Waals surface area contributed by atoms with Crippen molar-refractivity contribution in [2.75, 3.05) is 0 Å². The predicted octanol–water partition coefficient (Wildman–Crippen LogP) is 3.59. The van der Waals surface area contributed by atoms with Crippen LogP contribution in [0.2, 0.25) is 0 Å². The Labute approximate surface area is 84.2 Å². The maximum atomic E-state index is 9.32. The Morgan fingerprint density at radius 3 is 2.38 bits per heavy atom. The highest BCUT2D eigenvalue weighted by atomic mass is 32.2. The third kappa shape index (κ3) is 3.31. The van der Waals surface area contributed by atoms with Crippen LogP contribution in [0.3, 0.4) is 0 Å². The Kier molecular flexibility index (Phi) is 2.91. The Balaban J connectivity index is 2.94. The summed E-state index contributed by atoms with van der Waals surface area (Å²) in [6, 6.07) is 5.50. The van der Waals surface area contributed by atoms with Gasteiger partial charge in [-0.1, -0.05) is 26.8 Å². The molecule has 0 bridgehead atoms. The van der Waals surface area contributed by atoms with E-state index < -0.39 is 0 Å². The van der Waals surface area contributed by atoms with Crippen LogP contribution >= 0.6 is 11.8 Å². The zero-order valence-corrected chi connectivity index (χ0v) is 9.40. The van der Waals surface area contributed by atoms with E-state index in [1.807, 2.05) is 12.1 Å². The van der Waals surface area contributed by atoms with Gasteiger partial charge in [0.25, 0.3) is 0 Å². The van der Waals surface area contributed by atoms with Crippen LogP contribution in [0.15, 0.2) is 23.1 Å². The number of phenols is 1. The minimum absolute atomic E-state index is 0.193. The molecule has 0 radical (unpaired) electrons. The van der Waals surface area contributed by atoms with Gasteiger partial charge >= 0.3 is 0 Å². The molecule has 1 rings (SSSR count). The number of aromatic hydroxyl groups is 1. The van der Waals surface area contributed by atoms with E-state index in [0.717, 1.165) is 4.90 Å². The zero-order chi connectivity index (χ0) is 10.1. The van der Waals surface area contributed by atoms with Crippen molar-refractivity contribution >= 4 is 11.8 Å². The van der Waals surface area contributed by atoms with E-state index in [-0.39, 0.29) is 4.75 Å². The molecule has 1 aromatic rings. The van der Waals surface area contributed by atoms with Crippen LogP contribution in [0.4, 0.5) is 0 Å². The van der Waals surface area contributed by atoms with Crippen LogP contribution in [0.1, 0.15) is 26.3 Å². The van der Waals surface area contributed by atoms with Crippen molar-refractivity contribution in [3.63, 3.8) is 0 Å². The molecule has 0 aliphatic rings. The van der Waals surface area contributed by atoms with E-state index >= 15 is 0 Å². The first-order valence-corrected chi connectivity index (χ1v) is 5.19. The van der Waals surface area contributed by atoms with E-state index in [2.05, 4.69) is 27.7 Å². The van der Waals surface area contributed by atoms with Gasteiger partial charge in [-0.15, -0.1) is 11.8 Å². The summed E-state index contributed by atoms with van der Waals surface area (Å²) in [6.45, 7) is 8.57. The number of hydrogen-bond acceptors (Lipinski definition) is 2. The topological polar surface area (TPSA) is 20.2 Å². The Morgan fingerprint density at radius 2 is 1.85 bits per heavy atom. The average Bonchev–Trinajstić information content (AvgIpc) is 1.94. The highest BCUT2D eigenvalue weighted by Crippen LogP contribution is 2.35. The summed E-state index contributed by atoms with van der Waals surface area (Å²) in [5, 5.41) is 9.32. The number of rotatable bonds is 1. The summed E-state index contributed by atoms with van der Waals surface area (Å²) in [5.41, 5.74) is 1.22. The number of benzene rings is 1. The van der Waals surface area contributed by atoms with Crippen molar-refractivity contribution < 1.29 is 5.11 Å². The molecule has 0 aliphatic heterocycles. The van der Waals surface area contributed by atoms with Gasteiger partial charge in [-0.3, -0.25) is 0 Å². The fourth-order valence-corrected chi connectivity index (χ4v) is 2.10. The second-order valence-electron chi connectivity index (χ2n) is 4.16. The minimum Gasteiger partial charge on any atom is -0.508 e. The molecule has 0 unspecified atom stereocenters. The van der Waals surface area contributed by atoms with Crippen molar-refractivity contribution in [1.82, 2.24) is 0 Å². The first-order valence-electron chi connectivity index (χ1n) is 4.37. The highest BCUT2D eigenvalue weighted by Gasteiger charge is 2.13. The summed E-state index contributed by atoms with van der Waals surface area (Å²) >= 11 is 1.78. The number of hydrogen-bond donors (Lipinski definition) is 1. The Bertz CT molecular complexity index is 299. The SMILES string of the molecule is Cc1ccc(O)cc1SC(C)(C)C. The first kappa shape index (κ1) is 10.5. The normalized spacial score (nSPS) is 11.7. The van der Waals surface area contributed by atoms with Crippen molar-refractivity contribution in [3.05, 3.63) is 23.8 Å². The zero-order valence-electron chi connectivity index (χ0n) is 8.59.